The van der Waals surface area contributed by atoms with Gasteiger partial charge in [0.05, 0.1) is 0 Å². The van der Waals surface area contributed by atoms with Crippen molar-refractivity contribution in [1.82, 2.24) is 15.5 Å². The van der Waals surface area contributed by atoms with Crippen LogP contribution in [0.3, 0.4) is 0 Å². The van der Waals surface area contributed by atoms with Crippen molar-refractivity contribution >= 4 is 11.9 Å². The normalized spacial score (nSPS) is 12.1. The number of aliphatic carboxylic acids is 1. The van der Waals surface area contributed by atoms with Gasteiger partial charge in [0.1, 0.15) is 11.7 Å². The van der Waals surface area contributed by atoms with Gasteiger partial charge < -0.3 is 10.4 Å². The van der Waals surface area contributed by atoms with Crippen LogP contribution in [0.4, 0.5) is 0 Å². The molecule has 0 bridgehead atoms. The van der Waals surface area contributed by atoms with Gasteiger partial charge in [-0.15, -0.1) is 0 Å². The van der Waals surface area contributed by atoms with Crippen molar-refractivity contribution in [1.29, 1.82) is 0 Å². The Labute approximate surface area is 93.1 Å². The average Bonchev–Trinajstić information content (AvgIpc) is 2.73. The second-order valence-corrected chi connectivity index (χ2v) is 3.40. The van der Waals surface area contributed by atoms with E-state index in [2.05, 4.69) is 15.5 Å². The van der Waals surface area contributed by atoms with Gasteiger partial charge in [0.15, 0.2) is 0 Å². The maximum atomic E-state index is 11.6. The molecule has 3 N–H and O–H groups in total. The minimum absolute atomic E-state index is 0.219. The zero-order valence-electron chi connectivity index (χ0n) is 9.28. The minimum Gasteiger partial charge on any atom is -0.480 e. The Morgan fingerprint density at radius 2 is 2.25 bits per heavy atom. The van der Waals surface area contributed by atoms with Crippen LogP contribution in [0.1, 0.15) is 36.5 Å². The molecule has 0 saturated heterocycles. The van der Waals surface area contributed by atoms with Crippen LogP contribution in [0, 0.1) is 0 Å². The molecule has 0 aliphatic heterocycles. The molecule has 0 radical (unpaired) electrons. The number of aromatic nitrogens is 2. The summed E-state index contributed by atoms with van der Waals surface area (Å²) in [7, 11) is 0. The molecule has 0 aromatic carbocycles. The fraction of sp³-hybridized carbons (Fsp3) is 0.500. The molecule has 6 nitrogen and oxygen atoms in total. The molecule has 1 aromatic heterocycles. The van der Waals surface area contributed by atoms with Gasteiger partial charge in [-0.1, -0.05) is 13.8 Å². The molecule has 0 saturated carbocycles. The summed E-state index contributed by atoms with van der Waals surface area (Å²) in [6, 6.07) is 0.749. The predicted octanol–water partition coefficient (Wildman–Crippen LogP) is 0.565. The van der Waals surface area contributed by atoms with Gasteiger partial charge in [0, 0.05) is 5.69 Å². The first-order valence-corrected chi connectivity index (χ1v) is 5.16. The Kier molecular flexibility index (Phi) is 4.04. The third-order valence-corrected chi connectivity index (χ3v) is 2.26. The van der Waals surface area contributed by atoms with Crippen molar-refractivity contribution < 1.29 is 14.7 Å². The van der Waals surface area contributed by atoms with Crippen LogP contribution in [-0.2, 0) is 11.2 Å². The topological polar surface area (TPSA) is 95.1 Å². The second kappa shape index (κ2) is 5.29. The molecule has 0 fully saturated rings. The number of carboxylic acids is 1. The van der Waals surface area contributed by atoms with E-state index >= 15 is 0 Å². The quantitative estimate of drug-likeness (QED) is 0.682. The van der Waals surface area contributed by atoms with Crippen LogP contribution in [0.15, 0.2) is 6.07 Å². The number of H-pyrrole nitrogens is 1. The fourth-order valence-electron chi connectivity index (χ4n) is 1.23. The predicted molar refractivity (Wildman–Crippen MR) is 57.1 cm³/mol. The molecular weight excluding hydrogens is 210 g/mol. The first-order valence-electron chi connectivity index (χ1n) is 5.16. The van der Waals surface area contributed by atoms with Crippen molar-refractivity contribution in [3.8, 4) is 0 Å². The maximum absolute atomic E-state index is 11.6. The Hall–Kier alpha value is -1.85. The molecule has 6 heteroatoms. The third kappa shape index (κ3) is 2.82. The lowest BCUT2D eigenvalue weighted by Crippen LogP contribution is -2.40. The lowest BCUT2D eigenvalue weighted by Gasteiger charge is -2.10. The van der Waals surface area contributed by atoms with Crippen LogP contribution in [0.2, 0.25) is 0 Å². The lowest BCUT2D eigenvalue weighted by atomic mass is 10.2. The largest absolute Gasteiger partial charge is 0.480 e. The number of nitrogens with zero attached hydrogens (tertiary/aromatic N) is 1. The van der Waals surface area contributed by atoms with Crippen molar-refractivity contribution in [2.45, 2.75) is 32.7 Å². The molecule has 1 amide bonds. The summed E-state index contributed by atoms with van der Waals surface area (Å²) in [4.78, 5) is 22.3. The van der Waals surface area contributed by atoms with Gasteiger partial charge in [-0.2, -0.15) is 5.10 Å². The number of amides is 1. The molecule has 0 aliphatic carbocycles. The SMILES string of the molecule is CCc1cc(C(=O)NC(CC)C(=O)O)n[nH]1. The fourth-order valence-corrected chi connectivity index (χ4v) is 1.23. The van der Waals surface area contributed by atoms with E-state index in [9.17, 15) is 9.59 Å². The molecule has 1 rings (SSSR count). The number of aromatic amines is 1. The summed E-state index contributed by atoms with van der Waals surface area (Å²) in [5.41, 5.74) is 1.06. The van der Waals surface area contributed by atoms with Crippen molar-refractivity contribution in [2.75, 3.05) is 0 Å². The van der Waals surface area contributed by atoms with Crippen molar-refractivity contribution in [2.24, 2.45) is 0 Å². The van der Waals surface area contributed by atoms with Gasteiger partial charge >= 0.3 is 5.97 Å². The molecule has 1 atom stereocenters. The van der Waals surface area contributed by atoms with Crippen LogP contribution in [0.5, 0.6) is 0 Å². The molecule has 0 spiro atoms. The molecule has 0 aliphatic rings. The van der Waals surface area contributed by atoms with Gasteiger partial charge in [0.2, 0.25) is 0 Å². The number of rotatable bonds is 5. The minimum atomic E-state index is -1.04. The van der Waals surface area contributed by atoms with Gasteiger partial charge in [-0.05, 0) is 18.9 Å². The monoisotopic (exact) mass is 225 g/mol. The van der Waals surface area contributed by atoms with Crippen LogP contribution < -0.4 is 5.32 Å². The molecule has 88 valence electrons. The zero-order chi connectivity index (χ0) is 12.1. The standard InChI is InChI=1S/C10H15N3O3/c1-3-6-5-8(13-12-6)9(14)11-7(4-2)10(15)16/h5,7H,3-4H2,1-2H3,(H,11,14)(H,12,13)(H,15,16). The number of hydrogen-bond acceptors (Lipinski definition) is 3. The van der Waals surface area contributed by atoms with E-state index in [1.165, 1.54) is 0 Å². The summed E-state index contributed by atoms with van der Waals surface area (Å²) < 4.78 is 0. The molecular formula is C10H15N3O3. The Morgan fingerprint density at radius 3 is 2.69 bits per heavy atom. The summed E-state index contributed by atoms with van der Waals surface area (Å²) in [6.45, 7) is 3.63. The van der Waals surface area contributed by atoms with Crippen LogP contribution in [-0.4, -0.2) is 33.2 Å². The van der Waals surface area contributed by atoms with E-state index in [-0.39, 0.29) is 5.69 Å². The van der Waals surface area contributed by atoms with E-state index < -0.39 is 17.9 Å². The van der Waals surface area contributed by atoms with Gasteiger partial charge in [-0.25, -0.2) is 4.79 Å². The number of carboxylic acid groups (broad SMARTS) is 1. The summed E-state index contributed by atoms with van der Waals surface area (Å²) >= 11 is 0. The number of carbonyl (C=O) groups excluding carboxylic acids is 1. The summed E-state index contributed by atoms with van der Waals surface area (Å²) in [6.07, 6.45) is 1.09. The van der Waals surface area contributed by atoms with Crippen LogP contribution in [0.25, 0.3) is 0 Å². The van der Waals surface area contributed by atoms with E-state index in [1.54, 1.807) is 13.0 Å². The average molecular weight is 225 g/mol. The van der Waals surface area contributed by atoms with E-state index in [0.717, 1.165) is 12.1 Å². The Morgan fingerprint density at radius 1 is 1.56 bits per heavy atom. The van der Waals surface area contributed by atoms with E-state index in [0.29, 0.717) is 6.42 Å². The highest BCUT2D eigenvalue weighted by Gasteiger charge is 2.19. The molecule has 1 aromatic rings. The number of carbonyl (C=O) groups is 2. The third-order valence-electron chi connectivity index (χ3n) is 2.26. The Balaban J connectivity index is 2.67. The molecule has 1 heterocycles. The second-order valence-electron chi connectivity index (χ2n) is 3.40. The first-order chi connectivity index (χ1) is 7.58. The van der Waals surface area contributed by atoms with Crippen LogP contribution >= 0.6 is 0 Å². The molecule has 16 heavy (non-hydrogen) atoms. The Bertz CT molecular complexity index is 386. The van der Waals surface area contributed by atoms with Crippen molar-refractivity contribution in [3.05, 3.63) is 17.5 Å². The highest BCUT2D eigenvalue weighted by atomic mass is 16.4. The first kappa shape index (κ1) is 12.2. The zero-order valence-corrected chi connectivity index (χ0v) is 9.28. The van der Waals surface area contributed by atoms with Crippen molar-refractivity contribution in [3.63, 3.8) is 0 Å². The highest BCUT2D eigenvalue weighted by Crippen LogP contribution is 2.01. The van der Waals surface area contributed by atoms with E-state index in [1.807, 2.05) is 6.92 Å². The highest BCUT2D eigenvalue weighted by molar-refractivity contribution is 5.94. The summed E-state index contributed by atoms with van der Waals surface area (Å²) in [5, 5.41) is 17.7. The molecule has 1 unspecified atom stereocenters. The maximum Gasteiger partial charge on any atom is 0.326 e. The number of hydrogen-bond donors (Lipinski definition) is 3. The van der Waals surface area contributed by atoms with E-state index in [4.69, 9.17) is 5.11 Å². The number of nitrogens with one attached hydrogen (secondary N) is 2. The number of aryl methyl sites for hydroxylation is 1. The lowest BCUT2D eigenvalue weighted by molar-refractivity contribution is -0.139. The summed E-state index contributed by atoms with van der Waals surface area (Å²) in [5.74, 6) is -1.51. The van der Waals surface area contributed by atoms with Gasteiger partial charge in [-0.3, -0.25) is 9.89 Å². The smallest absolute Gasteiger partial charge is 0.326 e. The van der Waals surface area contributed by atoms with Gasteiger partial charge in [0.25, 0.3) is 5.91 Å².